The Morgan fingerprint density at radius 3 is 2.90 bits per heavy atom. The minimum atomic E-state index is -0.424. The van der Waals surface area contributed by atoms with E-state index in [1.54, 1.807) is 6.07 Å². The molecule has 0 bridgehead atoms. The van der Waals surface area contributed by atoms with E-state index in [1.165, 1.54) is 12.1 Å². The molecule has 0 saturated carbocycles. The summed E-state index contributed by atoms with van der Waals surface area (Å²) in [6.07, 6.45) is 0.855. The molecule has 0 unspecified atom stereocenters. The van der Waals surface area contributed by atoms with E-state index in [0.717, 1.165) is 5.56 Å². The number of hydrogen-bond donors (Lipinski definition) is 1. The zero-order valence-corrected chi connectivity index (χ0v) is 11.9. The first-order valence-corrected chi connectivity index (χ1v) is 7.14. The highest BCUT2D eigenvalue weighted by molar-refractivity contribution is 5.21. The number of benzene rings is 1. The van der Waals surface area contributed by atoms with Gasteiger partial charge in [-0.05, 0) is 24.1 Å². The number of hydrogen-bond acceptors (Lipinski definition) is 5. The Bertz CT molecular complexity index is 616. The fourth-order valence-corrected chi connectivity index (χ4v) is 2.78. The monoisotopic (exact) mass is 291 g/mol. The van der Waals surface area contributed by atoms with E-state index < -0.39 is 6.10 Å². The molecule has 1 aromatic carbocycles. The van der Waals surface area contributed by atoms with Crippen LogP contribution in [0.1, 0.15) is 36.7 Å². The summed E-state index contributed by atoms with van der Waals surface area (Å²) in [5.74, 6) is 0.870. The van der Waals surface area contributed by atoms with Crippen molar-refractivity contribution in [3.8, 4) is 0 Å². The molecule has 0 spiro atoms. The molecule has 2 atom stereocenters. The molecular formula is C15H18FN3O2. The van der Waals surface area contributed by atoms with Crippen LogP contribution in [0.25, 0.3) is 0 Å². The molecule has 0 radical (unpaired) electrons. The summed E-state index contributed by atoms with van der Waals surface area (Å²) in [6.45, 7) is 2.93. The quantitative estimate of drug-likeness (QED) is 0.934. The van der Waals surface area contributed by atoms with Gasteiger partial charge in [-0.2, -0.15) is 0 Å². The molecule has 1 aliphatic heterocycles. The van der Waals surface area contributed by atoms with Crippen molar-refractivity contribution in [2.24, 2.45) is 0 Å². The second-order valence-corrected chi connectivity index (χ2v) is 5.33. The molecular weight excluding hydrogens is 273 g/mol. The predicted molar refractivity (Wildman–Crippen MR) is 73.9 cm³/mol. The third kappa shape index (κ3) is 3.11. The Labute approximate surface area is 122 Å². The van der Waals surface area contributed by atoms with Crippen molar-refractivity contribution >= 4 is 0 Å². The molecule has 112 valence electrons. The first kappa shape index (κ1) is 14.2. The zero-order chi connectivity index (χ0) is 14.8. The van der Waals surface area contributed by atoms with Crippen LogP contribution in [-0.4, -0.2) is 32.9 Å². The van der Waals surface area contributed by atoms with Gasteiger partial charge in [0.25, 0.3) is 0 Å². The first-order valence-electron chi connectivity index (χ1n) is 7.14. The lowest BCUT2D eigenvalue weighted by atomic mass is 10.0. The van der Waals surface area contributed by atoms with Crippen molar-refractivity contribution in [3.05, 3.63) is 47.4 Å². The Morgan fingerprint density at radius 2 is 2.19 bits per heavy atom. The van der Waals surface area contributed by atoms with E-state index >= 15 is 0 Å². The van der Waals surface area contributed by atoms with Crippen LogP contribution < -0.4 is 0 Å². The normalized spacial score (nSPS) is 22.8. The standard InChI is InChI=1S/C15H18FN3O2/c1-2-14-17-18-15(21-14)9-19-8-12(20)7-13(19)10-4-3-5-11(16)6-10/h3-6,12-13,20H,2,7-9H2,1H3/t12-,13+/m0/s1. The van der Waals surface area contributed by atoms with Gasteiger partial charge < -0.3 is 9.52 Å². The number of likely N-dealkylation sites (tertiary alicyclic amines) is 1. The maximum atomic E-state index is 13.4. The van der Waals surface area contributed by atoms with E-state index in [0.29, 0.717) is 37.7 Å². The van der Waals surface area contributed by atoms with Crippen LogP contribution in [0.4, 0.5) is 4.39 Å². The Kier molecular flexibility index (Phi) is 3.98. The molecule has 0 amide bonds. The molecule has 1 fully saturated rings. The van der Waals surface area contributed by atoms with Gasteiger partial charge in [0.1, 0.15) is 5.82 Å². The molecule has 1 N–H and O–H groups in total. The van der Waals surface area contributed by atoms with E-state index in [1.807, 2.05) is 17.9 Å². The highest BCUT2D eigenvalue weighted by Gasteiger charge is 2.33. The van der Waals surface area contributed by atoms with Crippen molar-refractivity contribution < 1.29 is 13.9 Å². The molecule has 21 heavy (non-hydrogen) atoms. The number of aliphatic hydroxyl groups excluding tert-OH is 1. The van der Waals surface area contributed by atoms with E-state index in [9.17, 15) is 9.50 Å². The van der Waals surface area contributed by atoms with Gasteiger partial charge in [-0.1, -0.05) is 19.1 Å². The summed E-state index contributed by atoms with van der Waals surface area (Å²) >= 11 is 0. The molecule has 5 nitrogen and oxygen atoms in total. The van der Waals surface area contributed by atoms with Crippen LogP contribution in [0.2, 0.25) is 0 Å². The minimum absolute atomic E-state index is 0.0346. The van der Waals surface area contributed by atoms with E-state index in [2.05, 4.69) is 10.2 Å². The smallest absolute Gasteiger partial charge is 0.230 e. The van der Waals surface area contributed by atoms with Gasteiger partial charge in [0.2, 0.25) is 11.8 Å². The van der Waals surface area contributed by atoms with Gasteiger partial charge in [0, 0.05) is 19.0 Å². The molecule has 2 heterocycles. The summed E-state index contributed by atoms with van der Waals surface area (Å²) in [6, 6.07) is 6.47. The lowest BCUT2D eigenvalue weighted by Gasteiger charge is -2.22. The average Bonchev–Trinajstić information content (AvgIpc) is 3.06. The number of rotatable bonds is 4. The van der Waals surface area contributed by atoms with Crippen LogP contribution in [0, 0.1) is 5.82 Å². The third-order valence-electron chi connectivity index (χ3n) is 3.76. The molecule has 1 saturated heterocycles. The maximum Gasteiger partial charge on any atom is 0.230 e. The SMILES string of the molecule is CCc1nnc(CN2C[C@@H](O)C[C@@H]2c2cccc(F)c2)o1. The van der Waals surface area contributed by atoms with Crippen molar-refractivity contribution in [3.63, 3.8) is 0 Å². The average molecular weight is 291 g/mol. The number of nitrogens with zero attached hydrogens (tertiary/aromatic N) is 3. The molecule has 6 heteroatoms. The number of β-amino-alcohol motifs (C(OH)–C–C–N with tert-alkyl or cyclic N) is 1. The highest BCUT2D eigenvalue weighted by Crippen LogP contribution is 2.33. The highest BCUT2D eigenvalue weighted by atomic mass is 19.1. The fraction of sp³-hybridized carbons (Fsp3) is 0.467. The predicted octanol–water partition coefficient (Wildman–Crippen LogP) is 2.08. The summed E-state index contributed by atoms with van der Waals surface area (Å²) in [7, 11) is 0. The summed E-state index contributed by atoms with van der Waals surface area (Å²) in [5.41, 5.74) is 0.863. The van der Waals surface area contributed by atoms with Gasteiger partial charge >= 0.3 is 0 Å². The molecule has 1 aromatic heterocycles. The zero-order valence-electron chi connectivity index (χ0n) is 11.9. The van der Waals surface area contributed by atoms with Crippen molar-refractivity contribution in [1.82, 2.24) is 15.1 Å². The number of halogens is 1. The number of aryl methyl sites for hydroxylation is 1. The van der Waals surface area contributed by atoms with Gasteiger partial charge in [0.15, 0.2) is 0 Å². The largest absolute Gasteiger partial charge is 0.424 e. The number of aliphatic hydroxyl groups is 1. The molecule has 0 aliphatic carbocycles. The fourth-order valence-electron chi connectivity index (χ4n) is 2.78. The topological polar surface area (TPSA) is 62.4 Å². The minimum Gasteiger partial charge on any atom is -0.424 e. The summed E-state index contributed by atoms with van der Waals surface area (Å²) in [5, 5.41) is 17.9. The summed E-state index contributed by atoms with van der Waals surface area (Å²) in [4.78, 5) is 2.05. The van der Waals surface area contributed by atoms with Crippen LogP contribution >= 0.6 is 0 Å². The van der Waals surface area contributed by atoms with E-state index in [-0.39, 0.29) is 11.9 Å². The Hall–Kier alpha value is -1.79. The molecule has 3 rings (SSSR count). The van der Waals surface area contributed by atoms with Gasteiger partial charge in [-0.15, -0.1) is 10.2 Å². The molecule has 1 aliphatic rings. The van der Waals surface area contributed by atoms with Crippen molar-refractivity contribution in [2.45, 2.75) is 38.5 Å². The van der Waals surface area contributed by atoms with Crippen molar-refractivity contribution in [2.75, 3.05) is 6.54 Å². The van der Waals surface area contributed by atoms with Crippen LogP contribution in [0.5, 0.6) is 0 Å². The van der Waals surface area contributed by atoms with Crippen LogP contribution in [0.3, 0.4) is 0 Å². The number of aromatic nitrogens is 2. The first-order chi connectivity index (χ1) is 10.2. The Morgan fingerprint density at radius 1 is 1.38 bits per heavy atom. The summed E-state index contributed by atoms with van der Waals surface area (Å²) < 4.78 is 18.9. The van der Waals surface area contributed by atoms with Crippen LogP contribution in [0.15, 0.2) is 28.7 Å². The molecule has 2 aromatic rings. The van der Waals surface area contributed by atoms with Gasteiger partial charge in [-0.3, -0.25) is 4.90 Å². The maximum absolute atomic E-state index is 13.4. The second-order valence-electron chi connectivity index (χ2n) is 5.33. The van der Waals surface area contributed by atoms with Gasteiger partial charge in [-0.25, -0.2) is 4.39 Å². The third-order valence-corrected chi connectivity index (χ3v) is 3.76. The Balaban J connectivity index is 1.79. The van der Waals surface area contributed by atoms with Gasteiger partial charge in [0.05, 0.1) is 12.6 Å². The van der Waals surface area contributed by atoms with Crippen LogP contribution in [-0.2, 0) is 13.0 Å². The lowest BCUT2D eigenvalue weighted by molar-refractivity contribution is 0.167. The van der Waals surface area contributed by atoms with Crippen molar-refractivity contribution in [1.29, 1.82) is 0 Å². The second kappa shape index (κ2) is 5.91. The van der Waals surface area contributed by atoms with E-state index in [4.69, 9.17) is 4.42 Å². The lowest BCUT2D eigenvalue weighted by Crippen LogP contribution is -2.24.